The van der Waals surface area contributed by atoms with Crippen LogP contribution < -0.4 is 5.32 Å². The van der Waals surface area contributed by atoms with Crippen molar-refractivity contribution in [2.45, 2.75) is 25.5 Å². The zero-order valence-electron chi connectivity index (χ0n) is 10.3. The molecule has 0 fully saturated rings. The van der Waals surface area contributed by atoms with Crippen molar-refractivity contribution in [1.82, 2.24) is 10.2 Å². The number of carbonyl (C=O) groups is 2. The van der Waals surface area contributed by atoms with Gasteiger partial charge in [-0.05, 0) is 6.42 Å². The van der Waals surface area contributed by atoms with Gasteiger partial charge in [0.15, 0.2) is 0 Å². The van der Waals surface area contributed by atoms with E-state index in [9.17, 15) is 14.7 Å². The van der Waals surface area contributed by atoms with Gasteiger partial charge in [-0.1, -0.05) is 6.92 Å². The van der Waals surface area contributed by atoms with E-state index in [-0.39, 0.29) is 13.2 Å². The van der Waals surface area contributed by atoms with E-state index in [1.54, 1.807) is 6.92 Å². The number of hydrogen-bond acceptors (Lipinski definition) is 4. The van der Waals surface area contributed by atoms with Crippen LogP contribution in [-0.4, -0.2) is 66.6 Å². The second-order valence-electron chi connectivity index (χ2n) is 3.74. The Kier molecular flexibility index (Phi) is 7.24. The summed E-state index contributed by atoms with van der Waals surface area (Å²) in [6.07, 6.45) is -0.490. The van der Waals surface area contributed by atoms with Gasteiger partial charge in [0.25, 0.3) is 0 Å². The average Bonchev–Trinajstić information content (AvgIpc) is 2.25. The van der Waals surface area contributed by atoms with Gasteiger partial charge in [-0.15, -0.1) is 0 Å². The second kappa shape index (κ2) is 7.86. The van der Waals surface area contributed by atoms with Crippen molar-refractivity contribution in [2.75, 3.05) is 27.3 Å². The zero-order valence-corrected chi connectivity index (χ0v) is 10.3. The van der Waals surface area contributed by atoms with E-state index in [1.165, 1.54) is 19.1 Å². The summed E-state index contributed by atoms with van der Waals surface area (Å²) in [5.41, 5.74) is 0. The zero-order chi connectivity index (χ0) is 13.4. The molecule has 0 bridgehead atoms. The Morgan fingerprint density at radius 3 is 2.47 bits per heavy atom. The van der Waals surface area contributed by atoms with E-state index in [0.717, 1.165) is 0 Å². The molecule has 0 aliphatic rings. The van der Waals surface area contributed by atoms with Crippen LogP contribution in [0.4, 0.5) is 4.79 Å². The number of urea groups is 1. The number of likely N-dealkylation sites (N-methyl/N-ethyl adjacent to an activating group) is 1. The fourth-order valence-corrected chi connectivity index (χ4v) is 1.24. The summed E-state index contributed by atoms with van der Waals surface area (Å²) < 4.78 is 4.72. The summed E-state index contributed by atoms with van der Waals surface area (Å²) in [5.74, 6) is -1.08. The minimum Gasteiger partial charge on any atom is -0.480 e. The number of carboxylic acids is 1. The van der Waals surface area contributed by atoms with Crippen molar-refractivity contribution in [2.24, 2.45) is 0 Å². The lowest BCUT2D eigenvalue weighted by atomic mass is 10.2. The molecule has 0 radical (unpaired) electrons. The fourth-order valence-electron chi connectivity index (χ4n) is 1.24. The third-order valence-corrected chi connectivity index (χ3v) is 2.19. The molecular formula is C10H20N2O5. The van der Waals surface area contributed by atoms with Gasteiger partial charge in [-0.2, -0.15) is 0 Å². The van der Waals surface area contributed by atoms with E-state index in [2.05, 4.69) is 5.32 Å². The number of nitrogens with one attached hydrogen (secondary N) is 1. The lowest BCUT2D eigenvalue weighted by Gasteiger charge is -2.22. The normalized spacial score (nSPS) is 13.9. The Balaban J connectivity index is 4.16. The molecule has 7 nitrogen and oxygen atoms in total. The van der Waals surface area contributed by atoms with E-state index < -0.39 is 24.1 Å². The van der Waals surface area contributed by atoms with Crippen molar-refractivity contribution < 1.29 is 24.5 Å². The molecule has 0 aromatic heterocycles. The number of aliphatic carboxylic acids is 1. The number of nitrogens with zero attached hydrogens (tertiary/aromatic N) is 1. The molecule has 0 spiro atoms. The van der Waals surface area contributed by atoms with Gasteiger partial charge in [-0.25, -0.2) is 9.59 Å². The van der Waals surface area contributed by atoms with Crippen LogP contribution in [0.5, 0.6) is 0 Å². The SMILES string of the molecule is CCC(NC(=O)N(C)CC(O)COC)C(=O)O. The Hall–Kier alpha value is -1.34. The summed E-state index contributed by atoms with van der Waals surface area (Å²) in [6.45, 7) is 1.86. The smallest absolute Gasteiger partial charge is 0.326 e. The highest BCUT2D eigenvalue weighted by molar-refractivity contribution is 5.82. The Morgan fingerprint density at radius 1 is 1.47 bits per heavy atom. The first-order valence-corrected chi connectivity index (χ1v) is 5.33. The van der Waals surface area contributed by atoms with Gasteiger partial charge in [0.1, 0.15) is 6.04 Å². The average molecular weight is 248 g/mol. The largest absolute Gasteiger partial charge is 0.480 e. The van der Waals surface area contributed by atoms with Crippen LogP contribution in [0.1, 0.15) is 13.3 Å². The van der Waals surface area contributed by atoms with Gasteiger partial charge in [0.2, 0.25) is 0 Å². The Bertz CT molecular complexity index is 259. The van der Waals surface area contributed by atoms with Gasteiger partial charge in [-0.3, -0.25) is 0 Å². The molecule has 0 aromatic rings. The molecule has 3 N–H and O–H groups in total. The molecule has 2 atom stereocenters. The molecule has 17 heavy (non-hydrogen) atoms. The Morgan fingerprint density at radius 2 is 2.06 bits per heavy atom. The second-order valence-corrected chi connectivity index (χ2v) is 3.74. The quantitative estimate of drug-likeness (QED) is 0.564. The first kappa shape index (κ1) is 15.7. The predicted octanol–water partition coefficient (Wildman–Crippen LogP) is -0.502. The van der Waals surface area contributed by atoms with Gasteiger partial charge in [0.05, 0.1) is 19.3 Å². The summed E-state index contributed by atoms with van der Waals surface area (Å²) in [4.78, 5) is 23.5. The first-order chi connectivity index (χ1) is 7.92. The summed E-state index contributed by atoms with van der Waals surface area (Å²) in [6, 6.07) is -1.45. The van der Waals surface area contributed by atoms with Crippen LogP contribution in [0.3, 0.4) is 0 Å². The third-order valence-electron chi connectivity index (χ3n) is 2.19. The highest BCUT2D eigenvalue weighted by Crippen LogP contribution is 1.95. The van der Waals surface area contributed by atoms with Crippen LogP contribution >= 0.6 is 0 Å². The number of aliphatic hydroxyl groups is 1. The molecule has 0 heterocycles. The number of carbonyl (C=O) groups excluding carboxylic acids is 1. The van der Waals surface area contributed by atoms with Gasteiger partial charge < -0.3 is 25.2 Å². The maximum Gasteiger partial charge on any atom is 0.326 e. The summed E-state index contributed by atoms with van der Waals surface area (Å²) in [5, 5.41) is 20.5. The Labute approximate surface area is 100 Å². The molecule has 0 aliphatic carbocycles. The van der Waals surface area contributed by atoms with E-state index in [0.29, 0.717) is 6.42 Å². The summed E-state index contributed by atoms with van der Waals surface area (Å²) in [7, 11) is 2.92. The molecule has 2 unspecified atom stereocenters. The minimum atomic E-state index is -1.08. The topological polar surface area (TPSA) is 99.1 Å². The minimum absolute atomic E-state index is 0.0791. The number of ether oxygens (including phenoxy) is 1. The number of carboxylic acid groups (broad SMARTS) is 1. The van der Waals surface area contributed by atoms with E-state index in [1.807, 2.05) is 0 Å². The number of methoxy groups -OCH3 is 1. The first-order valence-electron chi connectivity index (χ1n) is 5.33. The molecule has 100 valence electrons. The highest BCUT2D eigenvalue weighted by atomic mass is 16.5. The van der Waals surface area contributed by atoms with Gasteiger partial charge in [0, 0.05) is 14.2 Å². The molecule has 0 aromatic carbocycles. The molecule has 0 saturated carbocycles. The third kappa shape index (κ3) is 6.08. The predicted molar refractivity (Wildman–Crippen MR) is 60.8 cm³/mol. The van der Waals surface area contributed by atoms with Crippen LogP contribution in [0.2, 0.25) is 0 Å². The number of rotatable bonds is 7. The maximum absolute atomic E-state index is 11.6. The van der Waals surface area contributed by atoms with Crippen LogP contribution in [-0.2, 0) is 9.53 Å². The van der Waals surface area contributed by atoms with Crippen molar-refractivity contribution in [3.05, 3.63) is 0 Å². The molecular weight excluding hydrogens is 228 g/mol. The maximum atomic E-state index is 11.6. The fraction of sp³-hybridized carbons (Fsp3) is 0.800. The number of hydrogen-bond donors (Lipinski definition) is 3. The molecule has 0 aliphatic heterocycles. The van der Waals surface area contributed by atoms with Crippen molar-refractivity contribution in [3.63, 3.8) is 0 Å². The van der Waals surface area contributed by atoms with Crippen molar-refractivity contribution in [1.29, 1.82) is 0 Å². The van der Waals surface area contributed by atoms with E-state index >= 15 is 0 Å². The monoisotopic (exact) mass is 248 g/mol. The lowest BCUT2D eigenvalue weighted by molar-refractivity contribution is -0.139. The summed E-state index contributed by atoms with van der Waals surface area (Å²) >= 11 is 0. The number of amides is 2. The van der Waals surface area contributed by atoms with Crippen molar-refractivity contribution in [3.8, 4) is 0 Å². The standard InChI is InChI=1S/C10H20N2O5/c1-4-8(9(14)15)11-10(16)12(2)5-7(13)6-17-3/h7-8,13H,4-6H2,1-3H3,(H,11,16)(H,14,15). The van der Waals surface area contributed by atoms with Crippen LogP contribution in [0, 0.1) is 0 Å². The van der Waals surface area contributed by atoms with E-state index in [4.69, 9.17) is 9.84 Å². The van der Waals surface area contributed by atoms with Crippen LogP contribution in [0.25, 0.3) is 0 Å². The molecule has 2 amide bonds. The molecule has 0 rings (SSSR count). The van der Waals surface area contributed by atoms with Crippen LogP contribution in [0.15, 0.2) is 0 Å². The van der Waals surface area contributed by atoms with Crippen molar-refractivity contribution >= 4 is 12.0 Å². The lowest BCUT2D eigenvalue weighted by Crippen LogP contribution is -2.48. The van der Waals surface area contributed by atoms with Gasteiger partial charge >= 0.3 is 12.0 Å². The molecule has 0 saturated heterocycles. The molecule has 7 heteroatoms. The number of aliphatic hydroxyl groups excluding tert-OH is 1. The highest BCUT2D eigenvalue weighted by Gasteiger charge is 2.20.